The first-order valence-corrected chi connectivity index (χ1v) is 5.53. The van der Waals surface area contributed by atoms with Crippen molar-refractivity contribution in [2.45, 2.75) is 20.0 Å². The van der Waals surface area contributed by atoms with Crippen molar-refractivity contribution >= 4 is 5.91 Å². The van der Waals surface area contributed by atoms with Crippen molar-refractivity contribution in [2.75, 3.05) is 26.7 Å². The lowest BCUT2D eigenvalue weighted by Gasteiger charge is -2.31. The van der Waals surface area contributed by atoms with E-state index in [-0.39, 0.29) is 5.91 Å². The third-order valence-corrected chi connectivity index (χ3v) is 2.90. The molecule has 16 heavy (non-hydrogen) atoms. The summed E-state index contributed by atoms with van der Waals surface area (Å²) in [6.07, 6.45) is 1.57. The Hall–Kier alpha value is -1.43. The van der Waals surface area contributed by atoms with Gasteiger partial charge in [0, 0.05) is 26.7 Å². The zero-order chi connectivity index (χ0) is 11.5. The molecule has 0 aliphatic carbocycles. The predicted octanol–water partition coefficient (Wildman–Crippen LogP) is -0.428. The van der Waals surface area contributed by atoms with Gasteiger partial charge >= 0.3 is 0 Å². The first-order valence-electron chi connectivity index (χ1n) is 5.53. The van der Waals surface area contributed by atoms with Crippen LogP contribution >= 0.6 is 0 Å². The molecule has 0 radical (unpaired) electrons. The van der Waals surface area contributed by atoms with Gasteiger partial charge in [-0.05, 0) is 6.92 Å². The molecule has 2 rings (SSSR count). The monoisotopic (exact) mass is 223 g/mol. The fourth-order valence-electron chi connectivity index (χ4n) is 1.82. The Morgan fingerprint density at radius 2 is 2.25 bits per heavy atom. The molecule has 0 spiro atoms. The third-order valence-electron chi connectivity index (χ3n) is 2.90. The number of amides is 1. The molecule has 0 bridgehead atoms. The standard InChI is InChI=1S/C10H17N5O/c1-3-15-9(11-8-12-15)6-14-5-4-13(2)10(16)7-14/h8H,3-7H2,1-2H3. The van der Waals surface area contributed by atoms with E-state index in [9.17, 15) is 4.79 Å². The van der Waals surface area contributed by atoms with Crippen molar-refractivity contribution in [3.05, 3.63) is 12.2 Å². The van der Waals surface area contributed by atoms with Crippen molar-refractivity contribution in [1.29, 1.82) is 0 Å². The molecular weight excluding hydrogens is 206 g/mol. The first kappa shape index (κ1) is 11.1. The molecule has 0 aromatic carbocycles. The van der Waals surface area contributed by atoms with E-state index in [4.69, 9.17) is 0 Å². The van der Waals surface area contributed by atoms with E-state index in [1.807, 2.05) is 18.7 Å². The summed E-state index contributed by atoms with van der Waals surface area (Å²) < 4.78 is 1.86. The van der Waals surface area contributed by atoms with Crippen LogP contribution in [0.4, 0.5) is 0 Å². The molecule has 0 unspecified atom stereocenters. The lowest BCUT2D eigenvalue weighted by molar-refractivity contribution is -0.134. The third kappa shape index (κ3) is 2.21. The second-order valence-corrected chi connectivity index (χ2v) is 4.02. The summed E-state index contributed by atoms with van der Waals surface area (Å²) in [6.45, 7) is 5.72. The van der Waals surface area contributed by atoms with Gasteiger partial charge in [-0.15, -0.1) is 0 Å². The molecule has 0 saturated carbocycles. The molecule has 6 heteroatoms. The van der Waals surface area contributed by atoms with Crippen LogP contribution < -0.4 is 0 Å². The maximum Gasteiger partial charge on any atom is 0.236 e. The molecular formula is C10H17N5O. The molecule has 0 atom stereocenters. The Morgan fingerprint density at radius 1 is 1.44 bits per heavy atom. The number of piperazine rings is 1. The fraction of sp³-hybridized carbons (Fsp3) is 0.700. The highest BCUT2D eigenvalue weighted by atomic mass is 16.2. The van der Waals surface area contributed by atoms with Crippen LogP contribution in [-0.2, 0) is 17.9 Å². The molecule has 1 amide bonds. The second-order valence-electron chi connectivity index (χ2n) is 4.02. The van der Waals surface area contributed by atoms with Gasteiger partial charge in [0.25, 0.3) is 0 Å². The van der Waals surface area contributed by atoms with Crippen LogP contribution in [0.3, 0.4) is 0 Å². The molecule has 1 aliphatic heterocycles. The van der Waals surface area contributed by atoms with Crippen LogP contribution in [0.1, 0.15) is 12.7 Å². The minimum atomic E-state index is 0.175. The minimum absolute atomic E-state index is 0.175. The maximum atomic E-state index is 11.5. The molecule has 1 aromatic heterocycles. The topological polar surface area (TPSA) is 54.3 Å². The van der Waals surface area contributed by atoms with Gasteiger partial charge < -0.3 is 4.90 Å². The van der Waals surface area contributed by atoms with Gasteiger partial charge in [-0.2, -0.15) is 5.10 Å². The fourth-order valence-corrected chi connectivity index (χ4v) is 1.82. The van der Waals surface area contributed by atoms with Crippen LogP contribution in [0.2, 0.25) is 0 Å². The van der Waals surface area contributed by atoms with E-state index in [2.05, 4.69) is 15.0 Å². The highest BCUT2D eigenvalue weighted by Crippen LogP contribution is 2.06. The Kier molecular flexibility index (Phi) is 3.19. The smallest absolute Gasteiger partial charge is 0.236 e. The average molecular weight is 223 g/mol. The number of hydrogen-bond donors (Lipinski definition) is 0. The number of likely N-dealkylation sites (N-methyl/N-ethyl adjacent to an activating group) is 1. The molecule has 0 N–H and O–H groups in total. The average Bonchev–Trinajstić information content (AvgIpc) is 2.71. The number of nitrogens with zero attached hydrogens (tertiary/aromatic N) is 5. The van der Waals surface area contributed by atoms with E-state index in [0.29, 0.717) is 13.1 Å². The van der Waals surface area contributed by atoms with Crippen molar-refractivity contribution in [1.82, 2.24) is 24.6 Å². The SMILES string of the molecule is CCn1ncnc1CN1CCN(C)C(=O)C1. The van der Waals surface area contributed by atoms with E-state index in [0.717, 1.165) is 25.5 Å². The lowest BCUT2D eigenvalue weighted by atomic mass is 10.3. The summed E-state index contributed by atoms with van der Waals surface area (Å²) in [4.78, 5) is 19.6. The Labute approximate surface area is 94.9 Å². The van der Waals surface area contributed by atoms with Crippen molar-refractivity contribution in [3.63, 3.8) is 0 Å². The molecule has 1 aromatic rings. The number of rotatable bonds is 3. The van der Waals surface area contributed by atoms with Gasteiger partial charge in [-0.3, -0.25) is 9.69 Å². The number of hydrogen-bond acceptors (Lipinski definition) is 4. The van der Waals surface area contributed by atoms with Crippen molar-refractivity contribution in [2.24, 2.45) is 0 Å². The van der Waals surface area contributed by atoms with E-state index in [1.54, 1.807) is 11.2 Å². The van der Waals surface area contributed by atoms with E-state index >= 15 is 0 Å². The molecule has 88 valence electrons. The summed E-state index contributed by atoms with van der Waals surface area (Å²) in [5.74, 6) is 1.11. The molecule has 1 fully saturated rings. The predicted molar refractivity (Wildman–Crippen MR) is 58.6 cm³/mol. The van der Waals surface area contributed by atoms with Gasteiger partial charge in [-0.1, -0.05) is 0 Å². The quantitative estimate of drug-likeness (QED) is 0.698. The van der Waals surface area contributed by atoms with Crippen molar-refractivity contribution in [3.8, 4) is 0 Å². The Morgan fingerprint density at radius 3 is 2.94 bits per heavy atom. The minimum Gasteiger partial charge on any atom is -0.343 e. The lowest BCUT2D eigenvalue weighted by Crippen LogP contribution is -2.48. The molecule has 6 nitrogen and oxygen atoms in total. The highest BCUT2D eigenvalue weighted by Gasteiger charge is 2.21. The van der Waals surface area contributed by atoms with Crippen LogP contribution in [0.15, 0.2) is 6.33 Å². The van der Waals surface area contributed by atoms with Crippen LogP contribution in [0.5, 0.6) is 0 Å². The van der Waals surface area contributed by atoms with Gasteiger partial charge in [0.15, 0.2) is 0 Å². The summed E-state index contributed by atoms with van der Waals surface area (Å²) in [6, 6.07) is 0. The van der Waals surface area contributed by atoms with Gasteiger partial charge in [0.1, 0.15) is 12.2 Å². The number of carbonyl (C=O) groups excluding carboxylic acids is 1. The Bertz CT molecular complexity index is 375. The Balaban J connectivity index is 1.98. The first-order chi connectivity index (χ1) is 7.70. The molecule has 1 saturated heterocycles. The van der Waals surface area contributed by atoms with Crippen molar-refractivity contribution < 1.29 is 4.79 Å². The number of carbonyl (C=O) groups is 1. The van der Waals surface area contributed by atoms with Gasteiger partial charge in [-0.25, -0.2) is 9.67 Å². The summed E-state index contributed by atoms with van der Waals surface area (Å²) in [5, 5.41) is 4.12. The number of aromatic nitrogens is 3. The van der Waals surface area contributed by atoms with E-state index < -0.39 is 0 Å². The zero-order valence-corrected chi connectivity index (χ0v) is 9.76. The highest BCUT2D eigenvalue weighted by molar-refractivity contribution is 5.78. The second kappa shape index (κ2) is 4.61. The number of aryl methyl sites for hydroxylation is 1. The van der Waals surface area contributed by atoms with Crippen LogP contribution in [0, 0.1) is 0 Å². The molecule has 1 aliphatic rings. The van der Waals surface area contributed by atoms with E-state index in [1.165, 1.54) is 0 Å². The normalized spacial score (nSPS) is 18.1. The zero-order valence-electron chi connectivity index (χ0n) is 9.76. The summed E-state index contributed by atoms with van der Waals surface area (Å²) in [5.41, 5.74) is 0. The van der Waals surface area contributed by atoms with Gasteiger partial charge in [0.2, 0.25) is 5.91 Å². The van der Waals surface area contributed by atoms with Crippen LogP contribution in [-0.4, -0.2) is 57.2 Å². The van der Waals surface area contributed by atoms with Gasteiger partial charge in [0.05, 0.1) is 13.1 Å². The largest absolute Gasteiger partial charge is 0.343 e. The maximum absolute atomic E-state index is 11.5. The van der Waals surface area contributed by atoms with Crippen LogP contribution in [0.25, 0.3) is 0 Å². The summed E-state index contributed by atoms with van der Waals surface area (Å²) in [7, 11) is 1.84. The molecule has 2 heterocycles. The summed E-state index contributed by atoms with van der Waals surface area (Å²) >= 11 is 0.